The fourth-order valence-electron chi connectivity index (χ4n) is 3.67. The van der Waals surface area contributed by atoms with E-state index in [0.717, 1.165) is 35.2 Å². The summed E-state index contributed by atoms with van der Waals surface area (Å²) in [6.07, 6.45) is 0.720. The lowest BCUT2D eigenvalue weighted by Crippen LogP contribution is -2.43. The molecule has 3 nitrogen and oxygen atoms in total. The SMILES string of the molecule is Cc1ccc(C2c3ccccc3CCN2C(=O)Nc2ccc(F)cc2F)cc1. The first-order chi connectivity index (χ1) is 13.5. The number of fused-ring (bicyclic) bond motifs is 1. The first-order valence-electron chi connectivity index (χ1n) is 9.20. The van der Waals surface area contributed by atoms with Crippen molar-refractivity contribution in [2.45, 2.75) is 19.4 Å². The molecule has 0 aliphatic carbocycles. The summed E-state index contributed by atoms with van der Waals surface area (Å²) in [4.78, 5) is 14.7. The zero-order valence-corrected chi connectivity index (χ0v) is 15.5. The molecular formula is C23H20F2N2O. The maximum atomic E-state index is 14.0. The normalized spacial score (nSPS) is 15.8. The van der Waals surface area contributed by atoms with Gasteiger partial charge in [0.25, 0.3) is 0 Å². The Kier molecular flexibility index (Phi) is 4.82. The number of nitrogens with zero attached hydrogens (tertiary/aromatic N) is 1. The van der Waals surface area contributed by atoms with E-state index in [0.29, 0.717) is 6.54 Å². The summed E-state index contributed by atoms with van der Waals surface area (Å²) in [5.41, 5.74) is 4.36. The Morgan fingerprint density at radius 1 is 1.04 bits per heavy atom. The molecule has 28 heavy (non-hydrogen) atoms. The largest absolute Gasteiger partial charge is 0.322 e. The third kappa shape index (κ3) is 3.48. The summed E-state index contributed by atoms with van der Waals surface area (Å²) in [6, 6.07) is 18.6. The van der Waals surface area contributed by atoms with E-state index in [9.17, 15) is 13.6 Å². The summed E-state index contributed by atoms with van der Waals surface area (Å²) in [6.45, 7) is 2.52. The lowest BCUT2D eigenvalue weighted by molar-refractivity contribution is 0.194. The number of rotatable bonds is 2. The molecule has 1 aliphatic heterocycles. The highest BCUT2D eigenvalue weighted by molar-refractivity contribution is 5.90. The zero-order valence-electron chi connectivity index (χ0n) is 15.5. The molecule has 3 aromatic carbocycles. The third-order valence-electron chi connectivity index (χ3n) is 5.11. The van der Waals surface area contributed by atoms with Crippen LogP contribution in [0.3, 0.4) is 0 Å². The average Bonchev–Trinajstić information content (AvgIpc) is 2.70. The van der Waals surface area contributed by atoms with Crippen molar-refractivity contribution in [1.29, 1.82) is 0 Å². The van der Waals surface area contributed by atoms with Gasteiger partial charge in [-0.3, -0.25) is 0 Å². The monoisotopic (exact) mass is 378 g/mol. The van der Waals surface area contributed by atoms with Crippen molar-refractivity contribution >= 4 is 11.7 Å². The Labute approximate surface area is 162 Å². The molecule has 0 fully saturated rings. The number of carbonyl (C=O) groups excluding carboxylic acids is 1. The van der Waals surface area contributed by atoms with Crippen molar-refractivity contribution in [1.82, 2.24) is 4.90 Å². The molecule has 1 aliphatic rings. The first-order valence-corrected chi connectivity index (χ1v) is 9.20. The number of nitrogens with one attached hydrogen (secondary N) is 1. The van der Waals surface area contributed by atoms with E-state index in [-0.39, 0.29) is 11.7 Å². The Hall–Kier alpha value is -3.21. The van der Waals surface area contributed by atoms with Gasteiger partial charge in [0, 0.05) is 12.6 Å². The number of hydrogen-bond acceptors (Lipinski definition) is 1. The van der Waals surface area contributed by atoms with Gasteiger partial charge in [0.05, 0.1) is 11.7 Å². The van der Waals surface area contributed by atoms with E-state index in [1.165, 1.54) is 11.6 Å². The minimum absolute atomic E-state index is 0.0343. The Morgan fingerprint density at radius 2 is 1.79 bits per heavy atom. The maximum absolute atomic E-state index is 14.0. The quantitative estimate of drug-likeness (QED) is 0.632. The van der Waals surface area contributed by atoms with E-state index in [4.69, 9.17) is 0 Å². The second-order valence-corrected chi connectivity index (χ2v) is 7.01. The van der Waals surface area contributed by atoms with E-state index < -0.39 is 17.7 Å². The van der Waals surface area contributed by atoms with Crippen molar-refractivity contribution in [3.05, 3.63) is 101 Å². The molecule has 1 unspecified atom stereocenters. The summed E-state index contributed by atoms with van der Waals surface area (Å²) >= 11 is 0. The predicted octanol–water partition coefficient (Wildman–Crippen LogP) is 5.45. The molecule has 1 atom stereocenters. The van der Waals surface area contributed by atoms with Gasteiger partial charge in [0.1, 0.15) is 11.6 Å². The van der Waals surface area contributed by atoms with Crippen molar-refractivity contribution < 1.29 is 13.6 Å². The van der Waals surface area contributed by atoms with Crippen LogP contribution in [0.25, 0.3) is 0 Å². The van der Waals surface area contributed by atoms with Crippen molar-refractivity contribution in [2.75, 3.05) is 11.9 Å². The van der Waals surface area contributed by atoms with Gasteiger partial charge in [-0.05, 0) is 42.2 Å². The van der Waals surface area contributed by atoms with Gasteiger partial charge < -0.3 is 10.2 Å². The van der Waals surface area contributed by atoms with Crippen LogP contribution in [0.1, 0.15) is 28.3 Å². The van der Waals surface area contributed by atoms with Crippen LogP contribution in [0, 0.1) is 18.6 Å². The lowest BCUT2D eigenvalue weighted by Gasteiger charge is -2.37. The minimum atomic E-state index is -0.794. The Bertz CT molecular complexity index is 1020. The van der Waals surface area contributed by atoms with E-state index in [1.54, 1.807) is 4.90 Å². The summed E-state index contributed by atoms with van der Waals surface area (Å²) in [5.74, 6) is -1.47. The molecule has 0 radical (unpaired) electrons. The van der Waals surface area contributed by atoms with Gasteiger partial charge in [0.2, 0.25) is 0 Å². The van der Waals surface area contributed by atoms with Crippen LogP contribution in [0.15, 0.2) is 66.7 Å². The molecule has 0 spiro atoms. The molecule has 5 heteroatoms. The number of halogens is 2. The maximum Gasteiger partial charge on any atom is 0.322 e. The number of carbonyl (C=O) groups is 1. The molecule has 4 rings (SSSR count). The van der Waals surface area contributed by atoms with Crippen LogP contribution in [0.4, 0.5) is 19.3 Å². The molecule has 142 valence electrons. The summed E-state index contributed by atoms with van der Waals surface area (Å²) < 4.78 is 27.2. The molecular weight excluding hydrogens is 358 g/mol. The van der Waals surface area contributed by atoms with E-state index in [1.807, 2.05) is 49.4 Å². The Balaban J connectivity index is 1.70. The van der Waals surface area contributed by atoms with Crippen LogP contribution in [-0.2, 0) is 6.42 Å². The van der Waals surface area contributed by atoms with Crippen LogP contribution >= 0.6 is 0 Å². The van der Waals surface area contributed by atoms with Crippen LogP contribution < -0.4 is 5.32 Å². The number of urea groups is 1. The third-order valence-corrected chi connectivity index (χ3v) is 5.11. The van der Waals surface area contributed by atoms with Gasteiger partial charge in [-0.2, -0.15) is 0 Å². The van der Waals surface area contributed by atoms with Crippen LogP contribution in [-0.4, -0.2) is 17.5 Å². The second-order valence-electron chi connectivity index (χ2n) is 7.01. The average molecular weight is 378 g/mol. The van der Waals surface area contributed by atoms with Gasteiger partial charge in [-0.25, -0.2) is 13.6 Å². The summed E-state index contributed by atoms with van der Waals surface area (Å²) in [5, 5.41) is 2.59. The van der Waals surface area contributed by atoms with Gasteiger partial charge in [-0.15, -0.1) is 0 Å². The molecule has 2 amide bonds. The standard InChI is InChI=1S/C23H20F2N2O/c1-15-6-8-17(9-7-15)22-19-5-3-2-4-16(19)12-13-27(22)23(28)26-21-11-10-18(24)14-20(21)25/h2-11,14,22H,12-13H2,1H3,(H,26,28). The van der Waals surface area contributed by atoms with Crippen molar-refractivity contribution in [2.24, 2.45) is 0 Å². The fourth-order valence-corrected chi connectivity index (χ4v) is 3.67. The second kappa shape index (κ2) is 7.43. The molecule has 0 saturated carbocycles. The van der Waals surface area contributed by atoms with Crippen LogP contribution in [0.5, 0.6) is 0 Å². The molecule has 1 N–H and O–H groups in total. The van der Waals surface area contributed by atoms with Gasteiger partial charge in [0.15, 0.2) is 0 Å². The molecule has 1 heterocycles. The highest BCUT2D eigenvalue weighted by atomic mass is 19.1. The van der Waals surface area contributed by atoms with Crippen LogP contribution in [0.2, 0.25) is 0 Å². The number of hydrogen-bond donors (Lipinski definition) is 1. The summed E-state index contributed by atoms with van der Waals surface area (Å²) in [7, 11) is 0. The fraction of sp³-hybridized carbons (Fsp3) is 0.174. The lowest BCUT2D eigenvalue weighted by atomic mass is 9.88. The zero-order chi connectivity index (χ0) is 19.7. The molecule has 0 saturated heterocycles. The number of aryl methyl sites for hydroxylation is 1. The number of benzene rings is 3. The Morgan fingerprint density at radius 3 is 2.54 bits per heavy atom. The smallest absolute Gasteiger partial charge is 0.313 e. The highest BCUT2D eigenvalue weighted by Crippen LogP contribution is 2.35. The van der Waals surface area contributed by atoms with E-state index in [2.05, 4.69) is 11.4 Å². The van der Waals surface area contributed by atoms with Crippen molar-refractivity contribution in [3.8, 4) is 0 Å². The molecule has 3 aromatic rings. The van der Waals surface area contributed by atoms with Gasteiger partial charge >= 0.3 is 6.03 Å². The van der Waals surface area contributed by atoms with E-state index >= 15 is 0 Å². The van der Waals surface area contributed by atoms with Gasteiger partial charge in [-0.1, -0.05) is 54.1 Å². The van der Waals surface area contributed by atoms with Crippen molar-refractivity contribution in [3.63, 3.8) is 0 Å². The highest BCUT2D eigenvalue weighted by Gasteiger charge is 2.32. The minimum Gasteiger partial charge on any atom is -0.313 e. The molecule has 0 aromatic heterocycles. The first kappa shape index (κ1) is 18.2. The predicted molar refractivity (Wildman–Crippen MR) is 105 cm³/mol. The number of anilines is 1. The topological polar surface area (TPSA) is 32.3 Å². The molecule has 0 bridgehead atoms. The number of amides is 2.